The molecule has 164 valence electrons. The number of anilines is 3. The predicted molar refractivity (Wildman–Crippen MR) is 120 cm³/mol. The summed E-state index contributed by atoms with van der Waals surface area (Å²) in [6.07, 6.45) is 1.66. The Morgan fingerprint density at radius 3 is 2.65 bits per heavy atom. The van der Waals surface area contributed by atoms with Crippen molar-refractivity contribution in [3.63, 3.8) is 0 Å². The lowest BCUT2D eigenvalue weighted by molar-refractivity contribution is -0.127. The molecule has 2 N–H and O–H groups in total. The summed E-state index contributed by atoms with van der Waals surface area (Å²) >= 11 is 0. The van der Waals surface area contributed by atoms with Gasteiger partial charge in [-0.15, -0.1) is 6.58 Å². The van der Waals surface area contributed by atoms with Gasteiger partial charge in [0.15, 0.2) is 0 Å². The molecule has 0 aromatic heterocycles. The SMILES string of the molecule is C=CCN1C(=O)C(C)(C)COc2ccc(NC(=O)Nc3ccc(OC)cc3OC)cc21. The molecule has 0 fully saturated rings. The van der Waals surface area contributed by atoms with Crippen LogP contribution in [0.1, 0.15) is 13.8 Å². The quantitative estimate of drug-likeness (QED) is 0.674. The number of hydrogen-bond acceptors (Lipinski definition) is 5. The molecule has 2 aromatic rings. The van der Waals surface area contributed by atoms with E-state index >= 15 is 0 Å². The lowest BCUT2D eigenvalue weighted by Crippen LogP contribution is -2.42. The Balaban J connectivity index is 1.83. The number of amides is 3. The first kappa shape index (κ1) is 22.0. The molecule has 0 saturated heterocycles. The van der Waals surface area contributed by atoms with Crippen LogP contribution < -0.4 is 29.7 Å². The molecule has 8 heteroatoms. The van der Waals surface area contributed by atoms with Crippen LogP contribution in [0.15, 0.2) is 49.1 Å². The minimum Gasteiger partial charge on any atom is -0.497 e. The number of ether oxygens (including phenoxy) is 3. The maximum Gasteiger partial charge on any atom is 0.323 e. The number of methoxy groups -OCH3 is 2. The number of hydrogen-bond donors (Lipinski definition) is 2. The van der Waals surface area contributed by atoms with Crippen molar-refractivity contribution in [1.82, 2.24) is 0 Å². The molecule has 31 heavy (non-hydrogen) atoms. The van der Waals surface area contributed by atoms with Crippen LogP contribution in [0.2, 0.25) is 0 Å². The standard InChI is InChI=1S/C23H27N3O5/c1-6-11-26-18-12-15(7-10-19(18)31-14-23(2,3)21(26)27)24-22(28)25-17-9-8-16(29-4)13-20(17)30-5/h6-10,12-13H,1,11,14H2,2-5H3,(H2,24,25,28). The average Bonchev–Trinajstić information content (AvgIpc) is 2.84. The van der Waals surface area contributed by atoms with Gasteiger partial charge in [0.25, 0.3) is 0 Å². The molecule has 0 bridgehead atoms. The number of nitrogens with one attached hydrogen (secondary N) is 2. The Labute approximate surface area is 181 Å². The molecular weight excluding hydrogens is 398 g/mol. The third kappa shape index (κ3) is 4.74. The number of urea groups is 1. The highest BCUT2D eigenvalue weighted by atomic mass is 16.5. The third-order valence-electron chi connectivity index (χ3n) is 4.89. The molecule has 0 radical (unpaired) electrons. The van der Waals surface area contributed by atoms with Gasteiger partial charge in [0, 0.05) is 18.3 Å². The van der Waals surface area contributed by atoms with Gasteiger partial charge in [-0.25, -0.2) is 4.79 Å². The third-order valence-corrected chi connectivity index (χ3v) is 4.89. The van der Waals surface area contributed by atoms with Gasteiger partial charge in [-0.3, -0.25) is 4.79 Å². The van der Waals surface area contributed by atoms with Crippen LogP contribution >= 0.6 is 0 Å². The van der Waals surface area contributed by atoms with E-state index in [1.165, 1.54) is 7.11 Å². The van der Waals surface area contributed by atoms with Crippen LogP contribution in [0.4, 0.5) is 21.9 Å². The molecule has 3 amide bonds. The van der Waals surface area contributed by atoms with Crippen LogP contribution in [0.3, 0.4) is 0 Å². The molecule has 0 saturated carbocycles. The van der Waals surface area contributed by atoms with Crippen molar-refractivity contribution in [3.05, 3.63) is 49.1 Å². The van der Waals surface area contributed by atoms with Crippen LogP contribution in [-0.2, 0) is 4.79 Å². The molecule has 1 heterocycles. The number of nitrogens with zero attached hydrogens (tertiary/aromatic N) is 1. The Morgan fingerprint density at radius 1 is 1.19 bits per heavy atom. The van der Waals surface area contributed by atoms with E-state index in [1.807, 2.05) is 13.8 Å². The topological polar surface area (TPSA) is 89.1 Å². The van der Waals surface area contributed by atoms with Crippen molar-refractivity contribution in [2.24, 2.45) is 5.41 Å². The van der Waals surface area contributed by atoms with Gasteiger partial charge in [-0.1, -0.05) is 6.08 Å². The molecule has 0 unspecified atom stereocenters. The van der Waals surface area contributed by atoms with Gasteiger partial charge in [-0.05, 0) is 44.2 Å². The second-order valence-corrected chi connectivity index (χ2v) is 7.70. The number of rotatable bonds is 6. The van der Waals surface area contributed by atoms with Gasteiger partial charge >= 0.3 is 6.03 Å². The van der Waals surface area contributed by atoms with E-state index in [0.717, 1.165) is 0 Å². The fraction of sp³-hybridized carbons (Fsp3) is 0.304. The summed E-state index contributed by atoms with van der Waals surface area (Å²) in [4.78, 5) is 27.2. The molecule has 0 spiro atoms. The molecule has 0 aliphatic carbocycles. The zero-order valence-corrected chi connectivity index (χ0v) is 18.2. The highest BCUT2D eigenvalue weighted by molar-refractivity contribution is 6.03. The van der Waals surface area contributed by atoms with E-state index in [0.29, 0.717) is 40.9 Å². The summed E-state index contributed by atoms with van der Waals surface area (Å²) in [6, 6.07) is 9.80. The van der Waals surface area contributed by atoms with Crippen molar-refractivity contribution in [2.45, 2.75) is 13.8 Å². The summed E-state index contributed by atoms with van der Waals surface area (Å²) < 4.78 is 16.3. The van der Waals surface area contributed by atoms with Crippen molar-refractivity contribution >= 4 is 29.0 Å². The predicted octanol–water partition coefficient (Wildman–Crippen LogP) is 4.29. The molecule has 1 aliphatic heterocycles. The molecule has 2 aromatic carbocycles. The molecule has 8 nitrogen and oxygen atoms in total. The highest BCUT2D eigenvalue weighted by Crippen LogP contribution is 2.38. The summed E-state index contributed by atoms with van der Waals surface area (Å²) in [5, 5.41) is 5.54. The van der Waals surface area contributed by atoms with Gasteiger partial charge in [0.2, 0.25) is 5.91 Å². The summed E-state index contributed by atoms with van der Waals surface area (Å²) in [5.74, 6) is 1.58. The van der Waals surface area contributed by atoms with E-state index < -0.39 is 11.4 Å². The fourth-order valence-electron chi connectivity index (χ4n) is 3.22. The molecule has 3 rings (SSSR count). The van der Waals surface area contributed by atoms with Gasteiger partial charge in [0.05, 0.1) is 31.0 Å². The molecular formula is C23H27N3O5. The lowest BCUT2D eigenvalue weighted by Gasteiger charge is -2.27. The smallest absolute Gasteiger partial charge is 0.323 e. The fourth-order valence-corrected chi connectivity index (χ4v) is 3.22. The molecule has 0 atom stereocenters. The second kappa shape index (κ2) is 8.99. The van der Waals surface area contributed by atoms with E-state index in [4.69, 9.17) is 14.2 Å². The Hall–Kier alpha value is -3.68. The monoisotopic (exact) mass is 425 g/mol. The largest absolute Gasteiger partial charge is 0.497 e. The number of benzene rings is 2. The van der Waals surface area contributed by atoms with Crippen LogP contribution in [-0.4, -0.2) is 39.3 Å². The number of carbonyl (C=O) groups excluding carboxylic acids is 2. The van der Waals surface area contributed by atoms with Gasteiger partial charge < -0.3 is 29.7 Å². The van der Waals surface area contributed by atoms with Gasteiger partial charge in [0.1, 0.15) is 23.9 Å². The minimum atomic E-state index is -0.683. The maximum atomic E-state index is 13.0. The summed E-state index contributed by atoms with van der Waals surface area (Å²) in [7, 11) is 3.06. The number of fused-ring (bicyclic) bond motifs is 1. The van der Waals surface area contributed by atoms with Crippen LogP contribution in [0.25, 0.3) is 0 Å². The van der Waals surface area contributed by atoms with Crippen LogP contribution in [0.5, 0.6) is 17.2 Å². The van der Waals surface area contributed by atoms with E-state index in [2.05, 4.69) is 17.2 Å². The number of carbonyl (C=O) groups is 2. The Kier molecular flexibility index (Phi) is 6.39. The molecule has 1 aliphatic rings. The minimum absolute atomic E-state index is 0.0734. The summed E-state index contributed by atoms with van der Waals surface area (Å²) in [5.41, 5.74) is 0.895. The van der Waals surface area contributed by atoms with E-state index in [1.54, 1.807) is 54.5 Å². The van der Waals surface area contributed by atoms with Crippen molar-refractivity contribution in [3.8, 4) is 17.2 Å². The first-order valence-electron chi connectivity index (χ1n) is 9.79. The maximum absolute atomic E-state index is 13.0. The van der Waals surface area contributed by atoms with Crippen molar-refractivity contribution in [1.29, 1.82) is 0 Å². The Bertz CT molecular complexity index is 1000. The Morgan fingerprint density at radius 2 is 1.97 bits per heavy atom. The van der Waals surface area contributed by atoms with E-state index in [9.17, 15) is 9.59 Å². The van der Waals surface area contributed by atoms with Crippen molar-refractivity contribution in [2.75, 3.05) is 42.9 Å². The van der Waals surface area contributed by atoms with Gasteiger partial charge in [-0.2, -0.15) is 0 Å². The highest BCUT2D eigenvalue weighted by Gasteiger charge is 2.37. The second-order valence-electron chi connectivity index (χ2n) is 7.70. The van der Waals surface area contributed by atoms with Crippen molar-refractivity contribution < 1.29 is 23.8 Å². The van der Waals surface area contributed by atoms with E-state index in [-0.39, 0.29) is 12.5 Å². The first-order valence-corrected chi connectivity index (χ1v) is 9.79. The normalized spacial score (nSPS) is 14.6. The first-order chi connectivity index (χ1) is 14.8. The zero-order valence-electron chi connectivity index (χ0n) is 18.2. The average molecular weight is 425 g/mol. The lowest BCUT2D eigenvalue weighted by atomic mass is 9.93. The zero-order chi connectivity index (χ0) is 22.6. The van der Waals surface area contributed by atoms with Crippen LogP contribution in [0, 0.1) is 5.41 Å². The summed E-state index contributed by atoms with van der Waals surface area (Å²) in [6.45, 7) is 8.02.